The van der Waals surface area contributed by atoms with Crippen LogP contribution in [0.5, 0.6) is 5.75 Å². The SMILES string of the molecule is CCCc1cc(Cl)ccc1C1COc2ccc3cc2N(C1)CC1CCC1C(=O)/C=C/CC(C)C(C)SNC3=O. The van der Waals surface area contributed by atoms with Gasteiger partial charge in [0.15, 0.2) is 5.78 Å². The van der Waals surface area contributed by atoms with Gasteiger partial charge in [-0.2, -0.15) is 0 Å². The molecule has 0 radical (unpaired) electrons. The number of fused-ring (bicyclic) bond motifs is 2. The fraction of sp³-hybridized carbons (Fsp3) is 0.500. The molecule has 7 heteroatoms. The highest BCUT2D eigenvalue weighted by molar-refractivity contribution is 7.98. The molecule has 2 aromatic carbocycles. The molecular formula is C32H39ClN2O3S. The van der Waals surface area contributed by atoms with Gasteiger partial charge in [-0.1, -0.05) is 50.9 Å². The molecule has 0 aromatic heterocycles. The number of aryl methyl sites for hydroxylation is 1. The van der Waals surface area contributed by atoms with Crippen LogP contribution < -0.4 is 14.4 Å². The van der Waals surface area contributed by atoms with Crippen LogP contribution in [0.1, 0.15) is 73.9 Å². The number of hydrogen-bond acceptors (Lipinski definition) is 5. The Hall–Kier alpha value is -2.44. The number of nitrogens with zero attached hydrogens (tertiary/aromatic N) is 1. The highest BCUT2D eigenvalue weighted by atomic mass is 35.5. The molecule has 1 fully saturated rings. The third-order valence-corrected chi connectivity index (χ3v) is 10.0. The minimum absolute atomic E-state index is 0.0556. The van der Waals surface area contributed by atoms with Crippen molar-refractivity contribution >= 4 is 40.9 Å². The maximum absolute atomic E-state index is 13.2. The molecule has 208 valence electrons. The van der Waals surface area contributed by atoms with Crippen molar-refractivity contribution in [3.8, 4) is 5.75 Å². The standard InChI is InChI=1S/C32H39ClN2O3S/c1-4-6-22-15-26(33)11-13-27(22)25-18-35-17-24-9-12-28(24)30(36)8-5-7-20(2)21(3)39-34-32(37)23-10-14-31(38-19-25)29(35)16-23/h5,8,10-11,13-16,20-21,24-25,28H,4,6-7,9,12,17-19H2,1-3H3,(H,34,37)/b8-5+. The first-order valence-corrected chi connectivity index (χ1v) is 15.6. The normalized spacial score (nSPS) is 28.4. The van der Waals surface area contributed by atoms with E-state index < -0.39 is 0 Å². The second-order valence-corrected chi connectivity index (χ2v) is 13.0. The molecule has 5 unspecified atom stereocenters. The Morgan fingerprint density at radius 2 is 1.95 bits per heavy atom. The summed E-state index contributed by atoms with van der Waals surface area (Å²) >= 11 is 7.83. The predicted octanol–water partition coefficient (Wildman–Crippen LogP) is 7.23. The predicted molar refractivity (Wildman–Crippen MR) is 161 cm³/mol. The second kappa shape index (κ2) is 12.4. The first kappa shape index (κ1) is 28.1. The zero-order chi connectivity index (χ0) is 27.5. The Labute approximate surface area is 241 Å². The number of rotatable bonds is 3. The third kappa shape index (κ3) is 6.33. The van der Waals surface area contributed by atoms with Crippen molar-refractivity contribution in [2.45, 2.75) is 64.0 Å². The van der Waals surface area contributed by atoms with Gasteiger partial charge in [0.25, 0.3) is 5.91 Å². The Morgan fingerprint density at radius 1 is 1.10 bits per heavy atom. The molecule has 1 amide bonds. The van der Waals surface area contributed by atoms with E-state index >= 15 is 0 Å². The number of hydrogen-bond donors (Lipinski definition) is 1. The summed E-state index contributed by atoms with van der Waals surface area (Å²) in [4.78, 5) is 28.7. The van der Waals surface area contributed by atoms with E-state index in [-0.39, 0.29) is 34.7 Å². The molecule has 0 spiro atoms. The van der Waals surface area contributed by atoms with Crippen LogP contribution in [0.25, 0.3) is 0 Å². The van der Waals surface area contributed by atoms with Crippen molar-refractivity contribution in [1.29, 1.82) is 0 Å². The fourth-order valence-electron chi connectivity index (χ4n) is 5.94. The van der Waals surface area contributed by atoms with Crippen LogP contribution in [0, 0.1) is 17.8 Å². The van der Waals surface area contributed by atoms with Crippen molar-refractivity contribution in [2.24, 2.45) is 17.8 Å². The van der Waals surface area contributed by atoms with Crippen LogP contribution in [0.3, 0.4) is 0 Å². The lowest BCUT2D eigenvalue weighted by Gasteiger charge is -2.40. The van der Waals surface area contributed by atoms with E-state index in [0.717, 1.165) is 61.7 Å². The van der Waals surface area contributed by atoms with Gasteiger partial charge < -0.3 is 9.64 Å². The number of amides is 1. The maximum Gasteiger partial charge on any atom is 0.261 e. The van der Waals surface area contributed by atoms with Crippen LogP contribution >= 0.6 is 23.5 Å². The summed E-state index contributed by atoms with van der Waals surface area (Å²) in [5, 5.41) is 0.974. The molecule has 2 bridgehead atoms. The largest absolute Gasteiger partial charge is 0.491 e. The summed E-state index contributed by atoms with van der Waals surface area (Å²) in [6, 6.07) is 12.0. The summed E-state index contributed by atoms with van der Waals surface area (Å²) < 4.78 is 9.47. The van der Waals surface area contributed by atoms with Gasteiger partial charge >= 0.3 is 0 Å². The Kier molecular flexibility index (Phi) is 8.92. The minimum Gasteiger partial charge on any atom is -0.491 e. The number of anilines is 1. The van der Waals surface area contributed by atoms with Crippen LogP contribution in [0.2, 0.25) is 5.02 Å². The first-order chi connectivity index (χ1) is 18.8. The van der Waals surface area contributed by atoms with E-state index in [1.807, 2.05) is 30.3 Å². The van der Waals surface area contributed by atoms with Crippen molar-refractivity contribution in [3.05, 3.63) is 70.3 Å². The van der Waals surface area contributed by atoms with Crippen molar-refractivity contribution in [2.75, 3.05) is 24.6 Å². The first-order valence-electron chi connectivity index (χ1n) is 14.3. The number of nitrogens with one attached hydrogen (secondary N) is 1. The van der Waals surface area contributed by atoms with Gasteiger partial charge in [-0.25, -0.2) is 0 Å². The molecule has 1 aliphatic carbocycles. The van der Waals surface area contributed by atoms with E-state index in [1.165, 1.54) is 23.1 Å². The molecule has 1 N–H and O–H groups in total. The van der Waals surface area contributed by atoms with Crippen LogP contribution in [-0.4, -0.2) is 36.6 Å². The van der Waals surface area contributed by atoms with Gasteiger partial charge in [0.1, 0.15) is 5.75 Å². The molecule has 5 atom stereocenters. The summed E-state index contributed by atoms with van der Waals surface area (Å²) in [5.41, 5.74) is 4.09. The molecule has 2 aromatic rings. The number of carbonyl (C=O) groups is 2. The average Bonchev–Trinajstić information content (AvgIpc) is 3.08. The average molecular weight is 567 g/mol. The lowest BCUT2D eigenvalue weighted by molar-refractivity contribution is -0.122. The van der Waals surface area contributed by atoms with Gasteiger partial charge in [0.05, 0.1) is 12.3 Å². The molecule has 2 heterocycles. The number of allylic oxidation sites excluding steroid dienone is 2. The van der Waals surface area contributed by atoms with Crippen molar-refractivity contribution < 1.29 is 14.3 Å². The highest BCUT2D eigenvalue weighted by Gasteiger charge is 2.38. The molecule has 0 saturated heterocycles. The molecule has 1 saturated carbocycles. The van der Waals surface area contributed by atoms with Crippen molar-refractivity contribution in [3.63, 3.8) is 0 Å². The quantitative estimate of drug-likeness (QED) is 0.397. The van der Waals surface area contributed by atoms with Gasteiger partial charge in [-0.05, 0) is 97.0 Å². The summed E-state index contributed by atoms with van der Waals surface area (Å²) in [5.74, 6) is 1.77. The Balaban J connectivity index is 1.51. The zero-order valence-electron chi connectivity index (χ0n) is 23.1. The molecular weight excluding hydrogens is 528 g/mol. The number of benzene rings is 2. The van der Waals surface area contributed by atoms with E-state index in [0.29, 0.717) is 18.1 Å². The van der Waals surface area contributed by atoms with E-state index in [9.17, 15) is 9.59 Å². The second-order valence-electron chi connectivity index (χ2n) is 11.4. The van der Waals surface area contributed by atoms with E-state index in [1.54, 1.807) is 6.08 Å². The summed E-state index contributed by atoms with van der Waals surface area (Å²) in [6.07, 6.45) is 8.63. The van der Waals surface area contributed by atoms with Crippen LogP contribution in [0.15, 0.2) is 48.6 Å². The Bertz CT molecular complexity index is 1250. The topological polar surface area (TPSA) is 58.6 Å². The molecule has 39 heavy (non-hydrogen) atoms. The van der Waals surface area contributed by atoms with Crippen molar-refractivity contribution in [1.82, 2.24) is 4.72 Å². The fourth-order valence-corrected chi connectivity index (χ4v) is 6.88. The van der Waals surface area contributed by atoms with Crippen LogP contribution in [-0.2, 0) is 11.2 Å². The van der Waals surface area contributed by atoms with Gasteiger partial charge in [0, 0.05) is 40.8 Å². The number of halogens is 1. The molecule has 5 rings (SSSR count). The van der Waals surface area contributed by atoms with E-state index in [2.05, 4.69) is 42.5 Å². The number of carbonyl (C=O) groups excluding carboxylic acids is 2. The number of ketones is 1. The minimum atomic E-state index is -0.0927. The molecule has 5 nitrogen and oxygen atoms in total. The smallest absolute Gasteiger partial charge is 0.261 e. The maximum atomic E-state index is 13.2. The zero-order valence-corrected chi connectivity index (χ0v) is 24.7. The molecule has 2 aliphatic heterocycles. The Morgan fingerprint density at radius 3 is 2.72 bits per heavy atom. The number of ether oxygens (including phenoxy) is 1. The van der Waals surface area contributed by atoms with Gasteiger partial charge in [-0.3, -0.25) is 14.3 Å². The van der Waals surface area contributed by atoms with Gasteiger partial charge in [-0.15, -0.1) is 0 Å². The van der Waals surface area contributed by atoms with E-state index in [4.69, 9.17) is 16.3 Å². The lowest BCUT2D eigenvalue weighted by atomic mass is 9.70. The van der Waals surface area contributed by atoms with Gasteiger partial charge in [0.2, 0.25) is 0 Å². The monoisotopic (exact) mass is 566 g/mol. The lowest BCUT2D eigenvalue weighted by Crippen LogP contribution is -2.42. The molecule has 3 aliphatic rings. The highest BCUT2D eigenvalue weighted by Crippen LogP contribution is 2.42. The van der Waals surface area contributed by atoms with Crippen LogP contribution in [0.4, 0.5) is 5.69 Å². The summed E-state index contributed by atoms with van der Waals surface area (Å²) in [7, 11) is 0. The third-order valence-electron chi connectivity index (χ3n) is 8.67. The summed E-state index contributed by atoms with van der Waals surface area (Å²) in [6.45, 7) is 8.54.